The molecule has 0 aliphatic rings. The quantitative estimate of drug-likeness (QED) is 0.877. The normalized spacial score (nSPS) is 12.0. The standard InChI is InChI=1S/C15H19NO/c1-4-11-8-16-9-12-7-13(5-6-14(11)12)15(2,3)10-17/h5-9,17H,4,10H2,1-3H3. The van der Waals surface area contributed by atoms with Gasteiger partial charge in [-0.3, -0.25) is 4.98 Å². The average Bonchev–Trinajstić information content (AvgIpc) is 2.37. The summed E-state index contributed by atoms with van der Waals surface area (Å²) in [6, 6.07) is 6.39. The molecule has 0 aliphatic heterocycles. The van der Waals surface area contributed by atoms with E-state index in [4.69, 9.17) is 0 Å². The van der Waals surface area contributed by atoms with Crippen molar-refractivity contribution < 1.29 is 5.11 Å². The first-order valence-electron chi connectivity index (χ1n) is 6.06. The van der Waals surface area contributed by atoms with Crippen molar-refractivity contribution in [3.05, 3.63) is 41.7 Å². The second kappa shape index (κ2) is 4.46. The molecule has 0 radical (unpaired) electrons. The number of aryl methyl sites for hydroxylation is 1. The van der Waals surface area contributed by atoms with Gasteiger partial charge in [0.25, 0.3) is 0 Å². The highest BCUT2D eigenvalue weighted by Crippen LogP contribution is 2.27. The molecular formula is C15H19NO. The van der Waals surface area contributed by atoms with Gasteiger partial charge in [0.1, 0.15) is 0 Å². The fraction of sp³-hybridized carbons (Fsp3) is 0.400. The number of aliphatic hydroxyl groups excluding tert-OH is 1. The topological polar surface area (TPSA) is 33.1 Å². The SMILES string of the molecule is CCc1cncc2cc(C(C)(C)CO)ccc12. The summed E-state index contributed by atoms with van der Waals surface area (Å²) in [6.45, 7) is 6.39. The second-order valence-corrected chi connectivity index (χ2v) is 5.13. The van der Waals surface area contributed by atoms with Crippen molar-refractivity contribution in [3.8, 4) is 0 Å². The molecule has 1 heterocycles. The number of aliphatic hydroxyl groups is 1. The molecule has 0 spiro atoms. The van der Waals surface area contributed by atoms with Gasteiger partial charge >= 0.3 is 0 Å². The molecule has 2 heteroatoms. The van der Waals surface area contributed by atoms with Crippen LogP contribution < -0.4 is 0 Å². The maximum absolute atomic E-state index is 9.40. The molecule has 0 fully saturated rings. The Kier molecular flexibility index (Phi) is 3.16. The second-order valence-electron chi connectivity index (χ2n) is 5.13. The summed E-state index contributed by atoms with van der Waals surface area (Å²) in [5, 5.41) is 11.8. The summed E-state index contributed by atoms with van der Waals surface area (Å²) in [6.07, 6.45) is 4.82. The molecular weight excluding hydrogens is 210 g/mol. The zero-order chi connectivity index (χ0) is 12.5. The minimum atomic E-state index is -0.198. The van der Waals surface area contributed by atoms with Crippen LogP contribution >= 0.6 is 0 Å². The van der Waals surface area contributed by atoms with Crippen LogP contribution in [0, 0.1) is 0 Å². The summed E-state index contributed by atoms with van der Waals surface area (Å²) in [4.78, 5) is 4.27. The summed E-state index contributed by atoms with van der Waals surface area (Å²) >= 11 is 0. The van der Waals surface area contributed by atoms with Crippen molar-refractivity contribution >= 4 is 10.8 Å². The monoisotopic (exact) mass is 229 g/mol. The highest BCUT2D eigenvalue weighted by atomic mass is 16.3. The number of benzene rings is 1. The van der Waals surface area contributed by atoms with Crippen LogP contribution in [-0.2, 0) is 11.8 Å². The molecule has 0 bridgehead atoms. The van der Waals surface area contributed by atoms with Gasteiger partial charge in [-0.2, -0.15) is 0 Å². The van der Waals surface area contributed by atoms with Crippen LogP contribution in [0.5, 0.6) is 0 Å². The maximum atomic E-state index is 9.40. The van der Waals surface area contributed by atoms with Gasteiger partial charge in [0.05, 0.1) is 6.61 Å². The number of aromatic nitrogens is 1. The van der Waals surface area contributed by atoms with Crippen molar-refractivity contribution in [2.24, 2.45) is 0 Å². The molecule has 90 valence electrons. The third kappa shape index (κ3) is 2.18. The molecule has 17 heavy (non-hydrogen) atoms. The Hall–Kier alpha value is -1.41. The first-order valence-corrected chi connectivity index (χ1v) is 6.06. The lowest BCUT2D eigenvalue weighted by atomic mass is 9.84. The average molecular weight is 229 g/mol. The van der Waals surface area contributed by atoms with E-state index in [-0.39, 0.29) is 12.0 Å². The third-order valence-corrected chi connectivity index (χ3v) is 3.40. The number of rotatable bonds is 3. The largest absolute Gasteiger partial charge is 0.395 e. The van der Waals surface area contributed by atoms with Gasteiger partial charge in [0.15, 0.2) is 0 Å². The lowest BCUT2D eigenvalue weighted by Crippen LogP contribution is -2.21. The Morgan fingerprint density at radius 3 is 2.65 bits per heavy atom. The van der Waals surface area contributed by atoms with E-state index < -0.39 is 0 Å². The minimum absolute atomic E-state index is 0.152. The Labute approximate surface area is 102 Å². The van der Waals surface area contributed by atoms with Crippen LogP contribution in [0.15, 0.2) is 30.6 Å². The molecule has 1 N–H and O–H groups in total. The molecule has 2 nitrogen and oxygen atoms in total. The van der Waals surface area contributed by atoms with Crippen molar-refractivity contribution in [1.82, 2.24) is 4.98 Å². The van der Waals surface area contributed by atoms with Crippen molar-refractivity contribution in [2.45, 2.75) is 32.6 Å². The van der Waals surface area contributed by atoms with Crippen LogP contribution in [0.4, 0.5) is 0 Å². The van der Waals surface area contributed by atoms with Crippen LogP contribution in [-0.4, -0.2) is 16.7 Å². The van der Waals surface area contributed by atoms with E-state index in [0.29, 0.717) is 0 Å². The first-order chi connectivity index (χ1) is 8.08. The predicted octanol–water partition coefficient (Wildman–Crippen LogP) is 3.07. The van der Waals surface area contributed by atoms with E-state index in [0.717, 1.165) is 17.4 Å². The number of hydrogen-bond acceptors (Lipinski definition) is 2. The summed E-state index contributed by atoms with van der Waals surface area (Å²) < 4.78 is 0. The van der Waals surface area contributed by atoms with E-state index in [9.17, 15) is 5.11 Å². The van der Waals surface area contributed by atoms with E-state index in [1.807, 2.05) is 26.2 Å². The smallest absolute Gasteiger partial charge is 0.0522 e. The molecule has 2 rings (SSSR count). The summed E-state index contributed by atoms with van der Waals surface area (Å²) in [5.74, 6) is 0. The molecule has 0 saturated carbocycles. The van der Waals surface area contributed by atoms with Gasteiger partial charge in [-0.15, -0.1) is 0 Å². The fourth-order valence-electron chi connectivity index (χ4n) is 2.03. The van der Waals surface area contributed by atoms with E-state index in [1.165, 1.54) is 10.9 Å². The molecule has 0 atom stereocenters. The molecule has 0 unspecified atom stereocenters. The molecule has 2 aromatic rings. The minimum Gasteiger partial charge on any atom is -0.395 e. The van der Waals surface area contributed by atoms with E-state index in [2.05, 4.69) is 30.1 Å². The van der Waals surface area contributed by atoms with Crippen LogP contribution in [0.1, 0.15) is 31.9 Å². The van der Waals surface area contributed by atoms with Crippen LogP contribution in [0.25, 0.3) is 10.8 Å². The van der Waals surface area contributed by atoms with E-state index in [1.54, 1.807) is 0 Å². The van der Waals surface area contributed by atoms with Gasteiger partial charge in [-0.25, -0.2) is 0 Å². The Bertz CT molecular complexity index is 531. The lowest BCUT2D eigenvalue weighted by molar-refractivity contribution is 0.218. The number of hydrogen-bond donors (Lipinski definition) is 1. The fourth-order valence-corrected chi connectivity index (χ4v) is 2.03. The third-order valence-electron chi connectivity index (χ3n) is 3.40. The highest BCUT2D eigenvalue weighted by molar-refractivity contribution is 5.85. The zero-order valence-electron chi connectivity index (χ0n) is 10.7. The van der Waals surface area contributed by atoms with Crippen molar-refractivity contribution in [2.75, 3.05) is 6.61 Å². The van der Waals surface area contributed by atoms with Gasteiger partial charge in [-0.1, -0.05) is 32.9 Å². The lowest BCUT2D eigenvalue weighted by Gasteiger charge is -2.22. The van der Waals surface area contributed by atoms with Gasteiger partial charge in [-0.05, 0) is 29.0 Å². The number of nitrogens with zero attached hydrogens (tertiary/aromatic N) is 1. The van der Waals surface area contributed by atoms with Gasteiger partial charge in [0, 0.05) is 23.2 Å². The van der Waals surface area contributed by atoms with Gasteiger partial charge < -0.3 is 5.11 Å². The van der Waals surface area contributed by atoms with Crippen LogP contribution in [0.2, 0.25) is 0 Å². The molecule has 1 aromatic heterocycles. The molecule has 0 amide bonds. The van der Waals surface area contributed by atoms with Crippen molar-refractivity contribution in [3.63, 3.8) is 0 Å². The Morgan fingerprint density at radius 2 is 2.00 bits per heavy atom. The molecule has 1 aromatic carbocycles. The first kappa shape index (κ1) is 12.1. The van der Waals surface area contributed by atoms with Gasteiger partial charge in [0.2, 0.25) is 0 Å². The van der Waals surface area contributed by atoms with Crippen molar-refractivity contribution in [1.29, 1.82) is 0 Å². The number of fused-ring (bicyclic) bond motifs is 1. The van der Waals surface area contributed by atoms with E-state index >= 15 is 0 Å². The zero-order valence-corrected chi connectivity index (χ0v) is 10.7. The number of pyridine rings is 1. The summed E-state index contributed by atoms with van der Waals surface area (Å²) in [5.41, 5.74) is 2.23. The molecule has 0 saturated heterocycles. The molecule has 0 aliphatic carbocycles. The van der Waals surface area contributed by atoms with Crippen LogP contribution in [0.3, 0.4) is 0 Å². The summed E-state index contributed by atoms with van der Waals surface area (Å²) in [7, 11) is 0. The Morgan fingerprint density at radius 1 is 1.24 bits per heavy atom. The maximum Gasteiger partial charge on any atom is 0.0522 e. The highest BCUT2D eigenvalue weighted by Gasteiger charge is 2.19. The Balaban J connectivity index is 2.60. The predicted molar refractivity (Wildman–Crippen MR) is 71.2 cm³/mol.